The second-order valence-electron chi connectivity index (χ2n) is 9.04. The molecule has 0 aliphatic carbocycles. The summed E-state index contributed by atoms with van der Waals surface area (Å²) in [6.07, 6.45) is -4.21. The lowest BCUT2D eigenvalue weighted by Gasteiger charge is -2.41. The van der Waals surface area contributed by atoms with E-state index in [2.05, 4.69) is 15.2 Å². The number of hydrogen-bond acceptors (Lipinski definition) is 7. The molecule has 186 valence electrons. The highest BCUT2D eigenvalue weighted by atomic mass is 32.1. The van der Waals surface area contributed by atoms with Gasteiger partial charge in [0, 0.05) is 63.9 Å². The molecule has 4 heterocycles. The number of piperidine rings is 1. The van der Waals surface area contributed by atoms with Crippen LogP contribution in [0.5, 0.6) is 0 Å². The molecule has 34 heavy (non-hydrogen) atoms. The van der Waals surface area contributed by atoms with Crippen molar-refractivity contribution in [2.24, 2.45) is 5.92 Å². The molecule has 0 atom stereocenters. The summed E-state index contributed by atoms with van der Waals surface area (Å²) < 4.78 is 46.9. The highest BCUT2D eigenvalue weighted by Gasteiger charge is 2.37. The number of nitrogens with one attached hydrogen (secondary N) is 1. The van der Waals surface area contributed by atoms with Gasteiger partial charge in [0.2, 0.25) is 0 Å². The zero-order chi connectivity index (χ0) is 24.6. The maximum Gasteiger partial charge on any atom is 0.417 e. The van der Waals surface area contributed by atoms with Crippen LogP contribution in [0.25, 0.3) is 10.2 Å². The number of carbonyl (C=O) groups excluding carboxylic acids is 2. The van der Waals surface area contributed by atoms with E-state index in [9.17, 15) is 22.8 Å². The number of hydrogen-bond donors (Lipinski definition) is 1. The molecule has 2 amide bonds. The van der Waals surface area contributed by atoms with E-state index in [4.69, 9.17) is 4.74 Å². The van der Waals surface area contributed by atoms with Crippen LogP contribution < -0.4 is 10.2 Å². The van der Waals surface area contributed by atoms with E-state index in [0.29, 0.717) is 44.9 Å². The Hall–Kier alpha value is -2.60. The molecule has 2 aliphatic heterocycles. The molecule has 12 heteroatoms. The van der Waals surface area contributed by atoms with Crippen molar-refractivity contribution in [3.8, 4) is 0 Å². The Morgan fingerprint density at radius 1 is 1.26 bits per heavy atom. The summed E-state index contributed by atoms with van der Waals surface area (Å²) in [6.45, 7) is 3.07. The van der Waals surface area contributed by atoms with E-state index in [1.165, 1.54) is 12.4 Å². The maximum atomic E-state index is 13.8. The quantitative estimate of drug-likeness (QED) is 0.681. The van der Waals surface area contributed by atoms with Gasteiger partial charge in [-0.3, -0.25) is 4.79 Å². The third-order valence-electron chi connectivity index (χ3n) is 6.16. The van der Waals surface area contributed by atoms with Gasteiger partial charge in [-0.1, -0.05) is 0 Å². The molecule has 0 saturated carbocycles. The minimum absolute atomic E-state index is 0.0489. The van der Waals surface area contributed by atoms with Crippen molar-refractivity contribution in [2.75, 3.05) is 58.8 Å². The number of halogens is 3. The summed E-state index contributed by atoms with van der Waals surface area (Å²) in [7, 11) is 5.42. The number of rotatable bonds is 5. The fraction of sp³-hybridized carbons (Fsp3) is 0.591. The number of aromatic nitrogens is 1. The Balaban J connectivity index is 1.43. The van der Waals surface area contributed by atoms with Crippen LogP contribution in [0.3, 0.4) is 0 Å². The van der Waals surface area contributed by atoms with Gasteiger partial charge in [-0.2, -0.15) is 13.2 Å². The number of amides is 2. The van der Waals surface area contributed by atoms with Crippen molar-refractivity contribution in [1.82, 2.24) is 20.1 Å². The Bertz CT molecular complexity index is 1060. The van der Waals surface area contributed by atoms with Gasteiger partial charge in [-0.05, 0) is 20.2 Å². The van der Waals surface area contributed by atoms with E-state index in [-0.39, 0.29) is 33.8 Å². The SMILES string of the molecule is CNC(=O)c1csc2c(C(F)(F)F)cc(N3CCC(OC(=O)N4CC(CN(C)C)C4)CC3)nc12. The Morgan fingerprint density at radius 3 is 2.53 bits per heavy atom. The summed E-state index contributed by atoms with van der Waals surface area (Å²) in [5.41, 5.74) is -0.625. The number of alkyl halides is 3. The van der Waals surface area contributed by atoms with Crippen LogP contribution in [0, 0.1) is 5.92 Å². The standard InChI is InChI=1S/C22H28F3N5O3S/c1-26-20(31)15-12-34-19-16(22(23,24)25)8-17(27-18(15)19)29-6-4-14(5-7-29)33-21(32)30-10-13(11-30)9-28(2)3/h8,12-14H,4-7,9-11H2,1-3H3,(H,26,31). The normalized spacial score (nSPS) is 17.9. The predicted molar refractivity (Wildman–Crippen MR) is 123 cm³/mol. The number of anilines is 1. The van der Waals surface area contributed by atoms with Crippen molar-refractivity contribution in [1.29, 1.82) is 0 Å². The molecule has 8 nitrogen and oxygen atoms in total. The maximum absolute atomic E-state index is 13.8. The second-order valence-corrected chi connectivity index (χ2v) is 9.92. The Labute approximate surface area is 199 Å². The topological polar surface area (TPSA) is 78.0 Å². The summed E-state index contributed by atoms with van der Waals surface area (Å²) in [5, 5.41) is 3.85. The van der Waals surface area contributed by atoms with E-state index in [0.717, 1.165) is 23.9 Å². The van der Waals surface area contributed by atoms with Crippen LogP contribution >= 0.6 is 11.3 Å². The van der Waals surface area contributed by atoms with Crippen LogP contribution in [0.4, 0.5) is 23.8 Å². The summed E-state index contributed by atoms with van der Waals surface area (Å²) in [6, 6.07) is 1.05. The lowest BCUT2D eigenvalue weighted by atomic mass is 10.0. The number of fused-ring (bicyclic) bond motifs is 1. The van der Waals surface area contributed by atoms with E-state index >= 15 is 0 Å². The molecule has 0 unspecified atom stereocenters. The molecule has 0 aromatic carbocycles. The largest absolute Gasteiger partial charge is 0.446 e. The number of thiophene rings is 1. The lowest BCUT2D eigenvalue weighted by molar-refractivity contribution is -0.136. The number of carbonyl (C=O) groups is 2. The first-order chi connectivity index (χ1) is 16.1. The third kappa shape index (κ3) is 5.07. The number of ether oxygens (including phenoxy) is 1. The molecule has 1 N–H and O–H groups in total. The van der Waals surface area contributed by atoms with Gasteiger partial charge in [-0.25, -0.2) is 9.78 Å². The van der Waals surface area contributed by atoms with E-state index in [1.54, 1.807) is 9.80 Å². The van der Waals surface area contributed by atoms with E-state index < -0.39 is 17.6 Å². The van der Waals surface area contributed by atoms with Gasteiger partial charge in [0.25, 0.3) is 5.91 Å². The molecule has 0 spiro atoms. The Kier molecular flexibility index (Phi) is 6.90. The molecule has 0 bridgehead atoms. The molecule has 2 aromatic rings. The number of nitrogens with zero attached hydrogens (tertiary/aromatic N) is 4. The zero-order valence-electron chi connectivity index (χ0n) is 19.3. The van der Waals surface area contributed by atoms with Gasteiger partial charge in [-0.15, -0.1) is 11.3 Å². The van der Waals surface area contributed by atoms with Crippen LogP contribution in [0.15, 0.2) is 11.4 Å². The lowest BCUT2D eigenvalue weighted by Crippen LogP contribution is -2.54. The number of pyridine rings is 1. The van der Waals surface area contributed by atoms with Crippen molar-refractivity contribution >= 4 is 39.4 Å². The first-order valence-corrected chi connectivity index (χ1v) is 12.0. The van der Waals surface area contributed by atoms with Crippen LogP contribution in [-0.4, -0.2) is 86.8 Å². The molecular weight excluding hydrogens is 471 g/mol. The highest BCUT2D eigenvalue weighted by molar-refractivity contribution is 7.17. The summed E-state index contributed by atoms with van der Waals surface area (Å²) in [4.78, 5) is 34.5. The average Bonchev–Trinajstić information content (AvgIpc) is 3.18. The molecular formula is C22H28F3N5O3S. The molecule has 2 aromatic heterocycles. The molecule has 2 aliphatic rings. The van der Waals surface area contributed by atoms with Gasteiger partial charge < -0.3 is 24.8 Å². The average molecular weight is 500 g/mol. The zero-order valence-corrected chi connectivity index (χ0v) is 20.1. The molecule has 2 saturated heterocycles. The summed E-state index contributed by atoms with van der Waals surface area (Å²) in [5.74, 6) is 0.140. The summed E-state index contributed by atoms with van der Waals surface area (Å²) >= 11 is 0.861. The van der Waals surface area contributed by atoms with Crippen LogP contribution in [-0.2, 0) is 10.9 Å². The molecule has 2 fully saturated rings. The Morgan fingerprint density at radius 2 is 1.94 bits per heavy atom. The van der Waals surface area contributed by atoms with Gasteiger partial charge in [0.15, 0.2) is 0 Å². The highest BCUT2D eigenvalue weighted by Crippen LogP contribution is 2.40. The fourth-order valence-electron chi connectivity index (χ4n) is 4.43. The monoisotopic (exact) mass is 499 g/mol. The molecule has 0 radical (unpaired) electrons. The molecule has 4 rings (SSSR count). The minimum Gasteiger partial charge on any atom is -0.446 e. The van der Waals surface area contributed by atoms with Crippen molar-refractivity contribution in [3.05, 3.63) is 22.6 Å². The van der Waals surface area contributed by atoms with Gasteiger partial charge in [0.05, 0.1) is 21.3 Å². The second kappa shape index (κ2) is 9.57. The smallest absolute Gasteiger partial charge is 0.417 e. The first kappa shape index (κ1) is 24.5. The minimum atomic E-state index is -4.57. The van der Waals surface area contributed by atoms with Crippen molar-refractivity contribution < 1.29 is 27.5 Å². The predicted octanol–water partition coefficient (Wildman–Crippen LogP) is 3.27. The van der Waals surface area contributed by atoms with Crippen molar-refractivity contribution in [3.63, 3.8) is 0 Å². The van der Waals surface area contributed by atoms with E-state index in [1.807, 2.05) is 14.1 Å². The van der Waals surface area contributed by atoms with Gasteiger partial charge >= 0.3 is 12.3 Å². The fourth-order valence-corrected chi connectivity index (χ4v) is 5.46. The van der Waals surface area contributed by atoms with Crippen LogP contribution in [0.1, 0.15) is 28.8 Å². The third-order valence-corrected chi connectivity index (χ3v) is 7.16. The van der Waals surface area contributed by atoms with Crippen LogP contribution in [0.2, 0.25) is 0 Å². The number of likely N-dealkylation sites (tertiary alicyclic amines) is 1. The van der Waals surface area contributed by atoms with Gasteiger partial charge in [0.1, 0.15) is 11.9 Å². The first-order valence-electron chi connectivity index (χ1n) is 11.1. The van der Waals surface area contributed by atoms with Crippen molar-refractivity contribution in [2.45, 2.75) is 25.1 Å².